The molecule has 1 aromatic rings. The molecule has 2 amide bonds. The van der Waals surface area contributed by atoms with Crippen molar-refractivity contribution < 1.29 is 39.6 Å². The third kappa shape index (κ3) is 3.79. The molecule has 0 aromatic heterocycles. The molecule has 0 heterocycles. The molecule has 12 nitrogen and oxygen atoms in total. The first kappa shape index (κ1) is 26.6. The van der Waals surface area contributed by atoms with Gasteiger partial charge in [-0.3, -0.25) is 24.1 Å². The highest BCUT2D eigenvalue weighted by Gasteiger charge is 2.64. The van der Waals surface area contributed by atoms with E-state index in [-0.39, 0.29) is 41.2 Å². The number of Topliss-reactive ketones (excluding diaryl/α,β-unsaturated/α-hetero) is 2. The Hall–Kier alpha value is -3.45. The van der Waals surface area contributed by atoms with Crippen LogP contribution >= 0.6 is 11.6 Å². The Morgan fingerprint density at radius 3 is 2.46 bits per heavy atom. The molecule has 3 aliphatic carbocycles. The van der Waals surface area contributed by atoms with Gasteiger partial charge in [0.2, 0.25) is 11.7 Å². The van der Waals surface area contributed by atoms with E-state index in [1.165, 1.54) is 25.1 Å². The number of hydrogen-bond donors (Lipinski definition) is 7. The van der Waals surface area contributed by atoms with Crippen LogP contribution in [-0.2, 0) is 25.6 Å². The number of aliphatic hydroxyl groups excluding tert-OH is 2. The van der Waals surface area contributed by atoms with E-state index >= 15 is 0 Å². The topological polar surface area (TPSA) is 203 Å². The smallest absolute Gasteiger partial charge is 0.255 e. The number of benzene rings is 1. The molecule has 4 rings (SSSR count). The lowest BCUT2D eigenvalue weighted by Gasteiger charge is -2.50. The molecule has 198 valence electrons. The van der Waals surface area contributed by atoms with Gasteiger partial charge in [-0.25, -0.2) is 0 Å². The van der Waals surface area contributed by atoms with Crippen LogP contribution in [0.3, 0.4) is 0 Å². The first-order valence-electron chi connectivity index (χ1n) is 11.4. The third-order valence-corrected chi connectivity index (χ3v) is 7.56. The number of rotatable bonds is 5. The number of nitrogens with one attached hydrogen (secondary N) is 2. The quantitative estimate of drug-likeness (QED) is 0.195. The van der Waals surface area contributed by atoms with Crippen molar-refractivity contribution in [2.75, 3.05) is 33.0 Å². The molecule has 4 atom stereocenters. The predicted octanol–water partition coefficient (Wildman–Crippen LogP) is -0.225. The van der Waals surface area contributed by atoms with Crippen LogP contribution in [-0.4, -0.2) is 88.0 Å². The van der Waals surface area contributed by atoms with Crippen molar-refractivity contribution in [2.45, 2.75) is 24.5 Å². The highest BCUT2D eigenvalue weighted by atomic mass is 35.5. The maximum Gasteiger partial charge on any atom is 0.255 e. The summed E-state index contributed by atoms with van der Waals surface area (Å²) in [5.41, 5.74) is 1.43. The van der Waals surface area contributed by atoms with E-state index in [2.05, 4.69) is 10.6 Å². The molecule has 0 aliphatic heterocycles. The predicted molar refractivity (Wildman–Crippen MR) is 132 cm³/mol. The van der Waals surface area contributed by atoms with Gasteiger partial charge in [0.05, 0.1) is 23.2 Å². The molecule has 8 N–H and O–H groups in total. The molecule has 0 radical (unpaired) electrons. The van der Waals surface area contributed by atoms with Crippen molar-refractivity contribution in [1.82, 2.24) is 10.2 Å². The summed E-state index contributed by atoms with van der Waals surface area (Å²) in [7, 11) is 4.59. The minimum atomic E-state index is -2.73. The zero-order valence-corrected chi connectivity index (χ0v) is 21.0. The molecule has 1 saturated carbocycles. The highest BCUT2D eigenvalue weighted by molar-refractivity contribution is 6.34. The van der Waals surface area contributed by atoms with Crippen LogP contribution in [0.2, 0.25) is 5.02 Å². The van der Waals surface area contributed by atoms with Crippen molar-refractivity contribution in [1.29, 1.82) is 0 Å². The number of anilines is 1. The van der Waals surface area contributed by atoms with E-state index in [1.807, 2.05) is 0 Å². The average Bonchev–Trinajstić information content (AvgIpc) is 2.78. The Bertz CT molecular complexity index is 1320. The van der Waals surface area contributed by atoms with Gasteiger partial charge in [0.1, 0.15) is 22.8 Å². The number of nitrogens with two attached hydrogens (primary N) is 1. The number of ketones is 2. The SMILES string of the molecule is CNCC(=O)Nc1c(Cl)cc2c(c1O)C(O)=C1C(=O)[C@]3(O)C(O)=C(C(N)=O)C(=O)[C@@H](N(C)C)C3CC1C2. The highest BCUT2D eigenvalue weighted by Crippen LogP contribution is 2.53. The van der Waals surface area contributed by atoms with Crippen LogP contribution in [0.4, 0.5) is 5.69 Å². The van der Waals surface area contributed by atoms with Crippen LogP contribution in [0, 0.1) is 11.8 Å². The van der Waals surface area contributed by atoms with E-state index in [1.54, 1.807) is 7.05 Å². The molecular formula is C24H27ClN4O8. The summed E-state index contributed by atoms with van der Waals surface area (Å²) in [6.07, 6.45) is 0.0529. The number of carbonyl (C=O) groups excluding carboxylic acids is 4. The molecule has 1 fully saturated rings. The number of primary amides is 1. The van der Waals surface area contributed by atoms with E-state index in [0.29, 0.717) is 5.56 Å². The number of aromatic hydroxyl groups is 1. The van der Waals surface area contributed by atoms with Crippen LogP contribution in [0.1, 0.15) is 17.5 Å². The van der Waals surface area contributed by atoms with Crippen LogP contribution < -0.4 is 16.4 Å². The number of likely N-dealkylation sites (N-methyl/N-ethyl adjacent to an activating group) is 2. The maximum absolute atomic E-state index is 13.8. The number of carbonyl (C=O) groups is 4. The lowest BCUT2D eigenvalue weighted by atomic mass is 9.57. The molecule has 1 aromatic carbocycles. The number of hydrogen-bond acceptors (Lipinski definition) is 10. The van der Waals surface area contributed by atoms with Crippen LogP contribution in [0.5, 0.6) is 5.75 Å². The molecule has 3 aliphatic rings. The normalized spacial score (nSPS) is 27.1. The van der Waals surface area contributed by atoms with Crippen molar-refractivity contribution >= 4 is 46.4 Å². The van der Waals surface area contributed by atoms with Gasteiger partial charge < -0.3 is 36.8 Å². The number of halogens is 1. The third-order valence-electron chi connectivity index (χ3n) is 7.27. The lowest BCUT2D eigenvalue weighted by Crippen LogP contribution is -2.65. The average molecular weight is 535 g/mol. The van der Waals surface area contributed by atoms with E-state index in [4.69, 9.17) is 17.3 Å². The molecule has 37 heavy (non-hydrogen) atoms. The summed E-state index contributed by atoms with van der Waals surface area (Å²) < 4.78 is 0. The fraction of sp³-hybridized carbons (Fsp3) is 0.417. The fourth-order valence-corrected chi connectivity index (χ4v) is 6.00. The van der Waals surface area contributed by atoms with Gasteiger partial charge in [0.15, 0.2) is 17.1 Å². The summed E-state index contributed by atoms with van der Waals surface area (Å²) >= 11 is 6.31. The molecule has 0 bridgehead atoms. The summed E-state index contributed by atoms with van der Waals surface area (Å²) in [5.74, 6) is -8.09. The Morgan fingerprint density at radius 2 is 1.89 bits per heavy atom. The number of phenols is 1. The van der Waals surface area contributed by atoms with Gasteiger partial charge in [0.25, 0.3) is 5.91 Å². The Morgan fingerprint density at radius 1 is 1.24 bits per heavy atom. The van der Waals surface area contributed by atoms with Gasteiger partial charge in [0, 0.05) is 11.5 Å². The van der Waals surface area contributed by atoms with Gasteiger partial charge in [-0.05, 0) is 51.5 Å². The Balaban J connectivity index is 1.91. The standard InChI is InChI=1S/C24H27ClN4O8/c1-27-7-12(30)28-16-11(25)6-9-4-8-5-10-17(29(2)3)20(33)15(23(26)36)22(35)24(10,37)21(34)14(8)18(31)13(9)19(16)32/h6,8,10,17,27,31-32,35,37H,4-5,7H2,1-3H3,(H2,26,36)(H,28,30)/t8?,10?,17-,24-/m0/s1. The fourth-order valence-electron chi connectivity index (χ4n) is 5.73. The molecule has 0 spiro atoms. The Kier molecular flexibility index (Phi) is 6.57. The summed E-state index contributed by atoms with van der Waals surface area (Å²) in [4.78, 5) is 52.4. The summed E-state index contributed by atoms with van der Waals surface area (Å²) in [6.45, 7) is -0.0888. The maximum atomic E-state index is 13.8. The lowest BCUT2D eigenvalue weighted by molar-refractivity contribution is -0.153. The number of aliphatic hydroxyl groups is 3. The van der Waals surface area contributed by atoms with E-state index in [9.17, 15) is 39.6 Å². The van der Waals surface area contributed by atoms with Crippen molar-refractivity contribution in [3.8, 4) is 5.75 Å². The van der Waals surface area contributed by atoms with Crippen molar-refractivity contribution in [3.05, 3.63) is 39.1 Å². The van der Waals surface area contributed by atoms with Gasteiger partial charge in [-0.2, -0.15) is 0 Å². The minimum absolute atomic E-state index is 0.00119. The van der Waals surface area contributed by atoms with Gasteiger partial charge in [-0.15, -0.1) is 0 Å². The van der Waals surface area contributed by atoms with Crippen molar-refractivity contribution in [3.63, 3.8) is 0 Å². The number of amides is 2. The molecule has 13 heteroatoms. The van der Waals surface area contributed by atoms with E-state index in [0.717, 1.165) is 0 Å². The second-order valence-electron chi connectivity index (χ2n) is 9.66. The van der Waals surface area contributed by atoms with Crippen molar-refractivity contribution in [2.24, 2.45) is 17.6 Å². The number of phenolic OH excluding ortho intramolecular Hbond substituents is 1. The zero-order chi connectivity index (χ0) is 27.6. The number of nitrogens with zero attached hydrogens (tertiary/aromatic N) is 1. The van der Waals surface area contributed by atoms with E-state index < -0.39 is 69.7 Å². The second-order valence-corrected chi connectivity index (χ2v) is 10.1. The zero-order valence-electron chi connectivity index (χ0n) is 20.3. The summed E-state index contributed by atoms with van der Waals surface area (Å²) in [5, 5.41) is 49.7. The monoisotopic (exact) mass is 534 g/mol. The van der Waals surface area contributed by atoms with Gasteiger partial charge >= 0.3 is 0 Å². The van der Waals surface area contributed by atoms with Crippen LogP contribution in [0.15, 0.2) is 23.0 Å². The van der Waals surface area contributed by atoms with Gasteiger partial charge in [-0.1, -0.05) is 11.6 Å². The van der Waals surface area contributed by atoms with Crippen LogP contribution in [0.25, 0.3) is 5.76 Å². The largest absolute Gasteiger partial charge is 0.508 e. The molecule has 0 saturated heterocycles. The molecule has 2 unspecified atom stereocenters. The minimum Gasteiger partial charge on any atom is -0.508 e. The summed E-state index contributed by atoms with van der Waals surface area (Å²) in [6, 6.07) is 0.279. The number of fused-ring (bicyclic) bond motifs is 3. The molecular weight excluding hydrogens is 508 g/mol. The first-order chi connectivity index (χ1) is 17.3. The second kappa shape index (κ2) is 9.14. The Labute approximate surface area is 216 Å². The first-order valence-corrected chi connectivity index (χ1v) is 11.8.